The smallest absolute Gasteiger partial charge is 0.0322 e. The van der Waals surface area contributed by atoms with Crippen molar-refractivity contribution < 1.29 is 0 Å². The minimum Gasteiger partial charge on any atom is -0.0847 e. The van der Waals surface area contributed by atoms with E-state index >= 15 is 0 Å². The van der Waals surface area contributed by atoms with Crippen LogP contribution in [0.5, 0.6) is 0 Å². The molecule has 0 aliphatic heterocycles. The third-order valence-electron chi connectivity index (χ3n) is 1.57. The van der Waals surface area contributed by atoms with Gasteiger partial charge in [-0.05, 0) is 27.2 Å². The van der Waals surface area contributed by atoms with Crippen molar-refractivity contribution in [2.75, 3.05) is 0 Å². The van der Waals surface area contributed by atoms with Gasteiger partial charge in [-0.3, -0.25) is 0 Å². The van der Waals surface area contributed by atoms with Gasteiger partial charge in [0.1, 0.15) is 0 Å². The number of hydrogen-bond donors (Lipinski definition) is 0. The quantitative estimate of drug-likeness (QED) is 0.522. The van der Waals surface area contributed by atoms with Crippen molar-refractivity contribution in [3.05, 3.63) is 23.3 Å². The molecule has 0 saturated carbocycles. The van der Waals surface area contributed by atoms with E-state index in [1.165, 1.54) is 24.0 Å². The van der Waals surface area contributed by atoms with E-state index < -0.39 is 0 Å². The maximum Gasteiger partial charge on any atom is -0.0322 e. The fourth-order valence-electron chi connectivity index (χ4n) is 0.938. The van der Waals surface area contributed by atoms with Gasteiger partial charge in [0, 0.05) is 0 Å². The molecule has 0 fully saturated rings. The highest BCUT2D eigenvalue weighted by molar-refractivity contribution is 5.19. The molecule has 10 heavy (non-hydrogen) atoms. The summed E-state index contributed by atoms with van der Waals surface area (Å²) in [6.07, 6.45) is 6.87. The summed E-state index contributed by atoms with van der Waals surface area (Å²) in [6, 6.07) is 0. The van der Waals surface area contributed by atoms with Gasteiger partial charge in [-0.2, -0.15) is 0 Å². The van der Waals surface area contributed by atoms with Crippen LogP contribution in [0, 0.1) is 0 Å². The number of allylic oxidation sites excluding steroid dienone is 4. The summed E-state index contributed by atoms with van der Waals surface area (Å²) in [5.41, 5.74) is 2.85. The van der Waals surface area contributed by atoms with Crippen molar-refractivity contribution in [2.45, 2.75) is 40.5 Å². The van der Waals surface area contributed by atoms with Crippen LogP contribution in [-0.4, -0.2) is 0 Å². The van der Waals surface area contributed by atoms with E-state index in [2.05, 4.69) is 39.8 Å². The normalized spacial score (nSPS) is 14.0. The lowest BCUT2D eigenvalue weighted by molar-refractivity contribution is 0.904. The summed E-state index contributed by atoms with van der Waals surface area (Å²) >= 11 is 0. The van der Waals surface area contributed by atoms with E-state index in [1.54, 1.807) is 0 Å². The lowest BCUT2D eigenvalue weighted by Gasteiger charge is -1.96. The summed E-state index contributed by atoms with van der Waals surface area (Å²) in [4.78, 5) is 0. The molecule has 0 aromatic carbocycles. The van der Waals surface area contributed by atoms with Crippen molar-refractivity contribution in [3.63, 3.8) is 0 Å². The van der Waals surface area contributed by atoms with Crippen molar-refractivity contribution >= 4 is 0 Å². The minimum atomic E-state index is 1.23. The summed E-state index contributed by atoms with van der Waals surface area (Å²) in [5.74, 6) is 0. The molecule has 0 bridgehead atoms. The first-order valence-electron chi connectivity index (χ1n) is 4.00. The second-order valence-electron chi connectivity index (χ2n) is 2.77. The molecule has 0 aromatic rings. The van der Waals surface area contributed by atoms with E-state index in [1.807, 2.05) is 0 Å². The van der Waals surface area contributed by atoms with E-state index in [0.29, 0.717) is 0 Å². The Labute approximate surface area is 64.6 Å². The van der Waals surface area contributed by atoms with Crippen LogP contribution in [0.4, 0.5) is 0 Å². The molecule has 0 unspecified atom stereocenters. The Kier molecular flexibility index (Phi) is 5.00. The summed E-state index contributed by atoms with van der Waals surface area (Å²) < 4.78 is 0. The molecule has 0 radical (unpaired) electrons. The van der Waals surface area contributed by atoms with Gasteiger partial charge >= 0.3 is 0 Å². The maximum absolute atomic E-state index is 2.25. The van der Waals surface area contributed by atoms with E-state index in [4.69, 9.17) is 0 Å². The molecule has 0 amide bonds. The van der Waals surface area contributed by atoms with Gasteiger partial charge in [0.2, 0.25) is 0 Å². The Bertz CT molecular complexity index is 138. The van der Waals surface area contributed by atoms with Gasteiger partial charge in [-0.1, -0.05) is 36.6 Å². The largest absolute Gasteiger partial charge is 0.0847 e. The van der Waals surface area contributed by atoms with Gasteiger partial charge < -0.3 is 0 Å². The fourth-order valence-corrected chi connectivity index (χ4v) is 0.938. The van der Waals surface area contributed by atoms with Crippen LogP contribution in [0.1, 0.15) is 40.5 Å². The highest BCUT2D eigenvalue weighted by atomic mass is 13.9. The molecule has 0 heteroatoms. The second-order valence-corrected chi connectivity index (χ2v) is 2.77. The van der Waals surface area contributed by atoms with Crippen LogP contribution in [0.3, 0.4) is 0 Å². The Morgan fingerprint density at radius 1 is 1.30 bits per heavy atom. The number of hydrogen-bond acceptors (Lipinski definition) is 0. The molecule has 0 aliphatic rings. The fraction of sp³-hybridized carbons (Fsp3) is 0.600. The Morgan fingerprint density at radius 3 is 2.30 bits per heavy atom. The van der Waals surface area contributed by atoms with Crippen LogP contribution in [-0.2, 0) is 0 Å². The van der Waals surface area contributed by atoms with Gasteiger partial charge in [0.15, 0.2) is 0 Å². The standard InChI is InChI=1S/C10H18/c1-5-7-10(4)8-9(3)6-2/h6,8H,5,7H2,1-4H3/b9-6-,10-8-. The average Bonchev–Trinajstić information content (AvgIpc) is 1.88. The highest BCUT2D eigenvalue weighted by Crippen LogP contribution is 2.06. The predicted molar refractivity (Wildman–Crippen MR) is 48.1 cm³/mol. The second kappa shape index (κ2) is 5.28. The molecule has 0 spiro atoms. The predicted octanol–water partition coefficient (Wildman–Crippen LogP) is 3.70. The van der Waals surface area contributed by atoms with Gasteiger partial charge in [0.25, 0.3) is 0 Å². The molecule has 0 N–H and O–H groups in total. The molecule has 0 rings (SSSR count). The third kappa shape index (κ3) is 4.37. The van der Waals surface area contributed by atoms with Gasteiger partial charge in [0.05, 0.1) is 0 Å². The van der Waals surface area contributed by atoms with Crippen LogP contribution < -0.4 is 0 Å². The van der Waals surface area contributed by atoms with Crippen molar-refractivity contribution in [3.8, 4) is 0 Å². The maximum atomic E-state index is 2.25. The van der Waals surface area contributed by atoms with Gasteiger partial charge in [-0.15, -0.1) is 0 Å². The SMILES string of the molecule is C/C=C(C)\C=C(\C)CCC. The number of rotatable bonds is 3. The van der Waals surface area contributed by atoms with E-state index in [0.717, 1.165) is 0 Å². The lowest BCUT2D eigenvalue weighted by Crippen LogP contribution is -1.76. The Balaban J connectivity index is 3.90. The zero-order chi connectivity index (χ0) is 7.98. The molecule has 0 aromatic heterocycles. The van der Waals surface area contributed by atoms with Crippen molar-refractivity contribution in [1.82, 2.24) is 0 Å². The average molecular weight is 138 g/mol. The zero-order valence-corrected chi connectivity index (χ0v) is 7.57. The molecule has 0 atom stereocenters. The first-order chi connectivity index (χ1) is 4.70. The summed E-state index contributed by atoms with van der Waals surface area (Å²) in [7, 11) is 0. The van der Waals surface area contributed by atoms with Crippen molar-refractivity contribution in [2.24, 2.45) is 0 Å². The topological polar surface area (TPSA) is 0 Å². The Morgan fingerprint density at radius 2 is 1.90 bits per heavy atom. The molecule has 0 nitrogen and oxygen atoms in total. The molecule has 0 heterocycles. The Hall–Kier alpha value is -0.520. The van der Waals surface area contributed by atoms with Crippen LogP contribution in [0.2, 0.25) is 0 Å². The molecule has 0 saturated heterocycles. The molecule has 0 aliphatic carbocycles. The molecular formula is C10H18. The molecular weight excluding hydrogens is 120 g/mol. The third-order valence-corrected chi connectivity index (χ3v) is 1.57. The lowest BCUT2D eigenvalue weighted by atomic mass is 10.1. The van der Waals surface area contributed by atoms with E-state index in [-0.39, 0.29) is 0 Å². The summed E-state index contributed by atoms with van der Waals surface area (Å²) in [5, 5.41) is 0. The first kappa shape index (κ1) is 9.48. The first-order valence-corrected chi connectivity index (χ1v) is 4.00. The summed E-state index contributed by atoms with van der Waals surface area (Å²) in [6.45, 7) is 8.61. The van der Waals surface area contributed by atoms with Gasteiger partial charge in [-0.25, -0.2) is 0 Å². The van der Waals surface area contributed by atoms with Crippen LogP contribution in [0.15, 0.2) is 23.3 Å². The monoisotopic (exact) mass is 138 g/mol. The van der Waals surface area contributed by atoms with E-state index in [9.17, 15) is 0 Å². The highest BCUT2D eigenvalue weighted by Gasteiger charge is 1.86. The van der Waals surface area contributed by atoms with Crippen LogP contribution >= 0.6 is 0 Å². The van der Waals surface area contributed by atoms with Crippen LogP contribution in [0.25, 0.3) is 0 Å². The molecule has 58 valence electrons. The minimum absolute atomic E-state index is 1.23. The van der Waals surface area contributed by atoms with Crippen molar-refractivity contribution in [1.29, 1.82) is 0 Å². The zero-order valence-electron chi connectivity index (χ0n) is 7.57.